The molecule has 0 spiro atoms. The van der Waals surface area contributed by atoms with Crippen molar-refractivity contribution in [2.45, 2.75) is 32.6 Å². The van der Waals surface area contributed by atoms with Crippen LogP contribution in [0.1, 0.15) is 31.2 Å². The summed E-state index contributed by atoms with van der Waals surface area (Å²) in [7, 11) is 0. The zero-order valence-corrected chi connectivity index (χ0v) is 11.4. The molecule has 0 aromatic heterocycles. The van der Waals surface area contributed by atoms with E-state index < -0.39 is 0 Å². The summed E-state index contributed by atoms with van der Waals surface area (Å²) in [5, 5.41) is 3.01. The second-order valence-electron chi connectivity index (χ2n) is 5.17. The highest BCUT2D eigenvalue weighted by Gasteiger charge is 2.14. The average molecular weight is 264 g/mol. The molecule has 104 valence electrons. The van der Waals surface area contributed by atoms with Gasteiger partial charge in [-0.3, -0.25) is 4.79 Å². The maximum Gasteiger partial charge on any atom is 0.241 e. The molecular formula is C15H21FN2O. The van der Waals surface area contributed by atoms with Crippen LogP contribution in [0.3, 0.4) is 0 Å². The summed E-state index contributed by atoms with van der Waals surface area (Å²) in [5.74, 6) is -0.173. The summed E-state index contributed by atoms with van der Waals surface area (Å²) in [6.07, 6.45) is 4.59. The normalized spacial score (nSPS) is 16.0. The van der Waals surface area contributed by atoms with E-state index in [0.29, 0.717) is 5.69 Å². The standard InChI is InChI=1S/C15H21FN2O/c1-12-8-13(16)10-14(9-12)17-11-15(19)18-6-4-2-3-5-7-18/h8-10,17H,2-7,11H2,1H3. The Kier molecular flexibility index (Phi) is 4.77. The molecule has 1 saturated heterocycles. The first kappa shape index (κ1) is 13.8. The van der Waals surface area contributed by atoms with Crippen molar-refractivity contribution in [1.82, 2.24) is 4.90 Å². The number of hydrogen-bond acceptors (Lipinski definition) is 2. The van der Waals surface area contributed by atoms with E-state index in [0.717, 1.165) is 31.5 Å². The van der Waals surface area contributed by atoms with Gasteiger partial charge in [-0.15, -0.1) is 0 Å². The van der Waals surface area contributed by atoms with Gasteiger partial charge in [0.2, 0.25) is 5.91 Å². The predicted molar refractivity (Wildman–Crippen MR) is 74.7 cm³/mol. The molecule has 0 unspecified atom stereocenters. The third-order valence-electron chi connectivity index (χ3n) is 3.44. The third kappa shape index (κ3) is 4.23. The van der Waals surface area contributed by atoms with Crippen molar-refractivity contribution < 1.29 is 9.18 Å². The van der Waals surface area contributed by atoms with Crippen LogP contribution < -0.4 is 5.32 Å². The Labute approximate surface area is 113 Å². The molecule has 1 aromatic rings. The first-order chi connectivity index (χ1) is 9.15. The van der Waals surface area contributed by atoms with Gasteiger partial charge in [0, 0.05) is 18.8 Å². The molecule has 0 radical (unpaired) electrons. The largest absolute Gasteiger partial charge is 0.376 e. The van der Waals surface area contributed by atoms with Gasteiger partial charge in [0.25, 0.3) is 0 Å². The van der Waals surface area contributed by atoms with Crippen LogP contribution in [-0.2, 0) is 4.79 Å². The van der Waals surface area contributed by atoms with Gasteiger partial charge in [0.1, 0.15) is 5.82 Å². The van der Waals surface area contributed by atoms with Crippen molar-refractivity contribution in [2.24, 2.45) is 0 Å². The van der Waals surface area contributed by atoms with Crippen LogP contribution in [0, 0.1) is 12.7 Å². The second-order valence-corrected chi connectivity index (χ2v) is 5.17. The Morgan fingerprint density at radius 3 is 2.53 bits per heavy atom. The van der Waals surface area contributed by atoms with Crippen molar-refractivity contribution in [3.05, 3.63) is 29.6 Å². The molecule has 1 aromatic carbocycles. The highest BCUT2D eigenvalue weighted by atomic mass is 19.1. The quantitative estimate of drug-likeness (QED) is 0.910. The Morgan fingerprint density at radius 2 is 1.89 bits per heavy atom. The Hall–Kier alpha value is -1.58. The molecule has 0 aliphatic carbocycles. The number of nitrogens with zero attached hydrogens (tertiary/aromatic N) is 1. The number of anilines is 1. The van der Waals surface area contributed by atoms with Crippen molar-refractivity contribution in [3.63, 3.8) is 0 Å². The van der Waals surface area contributed by atoms with Crippen molar-refractivity contribution in [1.29, 1.82) is 0 Å². The lowest BCUT2D eigenvalue weighted by atomic mass is 10.2. The smallest absolute Gasteiger partial charge is 0.241 e. The minimum atomic E-state index is -0.273. The lowest BCUT2D eigenvalue weighted by Gasteiger charge is -2.20. The highest BCUT2D eigenvalue weighted by molar-refractivity contribution is 5.80. The topological polar surface area (TPSA) is 32.3 Å². The Balaban J connectivity index is 1.88. The number of aryl methyl sites for hydroxylation is 1. The number of carbonyl (C=O) groups excluding carboxylic acids is 1. The summed E-state index contributed by atoms with van der Waals surface area (Å²) < 4.78 is 13.2. The van der Waals surface area contributed by atoms with Gasteiger partial charge in [0.15, 0.2) is 0 Å². The molecule has 19 heavy (non-hydrogen) atoms. The lowest BCUT2D eigenvalue weighted by molar-refractivity contribution is -0.129. The predicted octanol–water partition coefficient (Wildman–Crippen LogP) is 2.95. The van der Waals surface area contributed by atoms with E-state index in [-0.39, 0.29) is 18.3 Å². The number of halogens is 1. The van der Waals surface area contributed by atoms with Gasteiger partial charge in [-0.05, 0) is 43.5 Å². The molecule has 2 rings (SSSR count). The molecule has 1 amide bonds. The van der Waals surface area contributed by atoms with Crippen LogP contribution >= 0.6 is 0 Å². The SMILES string of the molecule is Cc1cc(F)cc(NCC(=O)N2CCCCCC2)c1. The fourth-order valence-corrected chi connectivity index (χ4v) is 2.45. The zero-order valence-electron chi connectivity index (χ0n) is 11.4. The zero-order chi connectivity index (χ0) is 13.7. The lowest BCUT2D eigenvalue weighted by Crippen LogP contribution is -2.36. The van der Waals surface area contributed by atoms with Gasteiger partial charge in [-0.2, -0.15) is 0 Å². The van der Waals surface area contributed by atoms with E-state index >= 15 is 0 Å². The number of benzene rings is 1. The number of carbonyl (C=O) groups is 1. The van der Waals surface area contributed by atoms with Crippen LogP contribution in [-0.4, -0.2) is 30.4 Å². The number of amides is 1. The molecule has 0 saturated carbocycles. The Bertz CT molecular complexity index is 420. The molecule has 1 fully saturated rings. The number of likely N-dealkylation sites (tertiary alicyclic amines) is 1. The van der Waals surface area contributed by atoms with Crippen LogP contribution in [0.4, 0.5) is 10.1 Å². The summed E-state index contributed by atoms with van der Waals surface area (Å²) >= 11 is 0. The number of nitrogens with one attached hydrogen (secondary N) is 1. The molecule has 1 heterocycles. The van der Waals surface area contributed by atoms with Gasteiger partial charge >= 0.3 is 0 Å². The molecule has 1 aliphatic heterocycles. The molecule has 0 atom stereocenters. The summed E-state index contributed by atoms with van der Waals surface area (Å²) in [4.78, 5) is 14.0. The van der Waals surface area contributed by atoms with Gasteiger partial charge in [-0.25, -0.2) is 4.39 Å². The molecular weight excluding hydrogens is 243 g/mol. The molecule has 1 N–H and O–H groups in total. The minimum Gasteiger partial charge on any atom is -0.376 e. The van der Waals surface area contributed by atoms with Crippen molar-refractivity contribution >= 4 is 11.6 Å². The van der Waals surface area contributed by atoms with E-state index in [4.69, 9.17) is 0 Å². The monoisotopic (exact) mass is 264 g/mol. The first-order valence-corrected chi connectivity index (χ1v) is 6.94. The van der Waals surface area contributed by atoms with Crippen molar-refractivity contribution in [3.8, 4) is 0 Å². The van der Waals surface area contributed by atoms with Crippen LogP contribution in [0.5, 0.6) is 0 Å². The maximum absolute atomic E-state index is 13.2. The van der Waals surface area contributed by atoms with E-state index in [1.807, 2.05) is 17.9 Å². The van der Waals surface area contributed by atoms with Crippen molar-refractivity contribution in [2.75, 3.05) is 25.0 Å². The minimum absolute atomic E-state index is 0.101. The summed E-state index contributed by atoms with van der Waals surface area (Å²) in [6, 6.07) is 4.74. The fraction of sp³-hybridized carbons (Fsp3) is 0.533. The van der Waals surface area contributed by atoms with E-state index in [1.54, 1.807) is 0 Å². The first-order valence-electron chi connectivity index (χ1n) is 6.94. The van der Waals surface area contributed by atoms with E-state index in [1.165, 1.54) is 25.0 Å². The summed E-state index contributed by atoms with van der Waals surface area (Å²) in [6.45, 7) is 3.78. The summed E-state index contributed by atoms with van der Waals surface area (Å²) in [5.41, 5.74) is 1.52. The van der Waals surface area contributed by atoms with Crippen LogP contribution in [0.25, 0.3) is 0 Å². The van der Waals surface area contributed by atoms with Crippen LogP contribution in [0.15, 0.2) is 18.2 Å². The third-order valence-corrected chi connectivity index (χ3v) is 3.44. The van der Waals surface area contributed by atoms with Gasteiger partial charge in [0.05, 0.1) is 6.54 Å². The average Bonchev–Trinajstić information content (AvgIpc) is 2.63. The number of rotatable bonds is 3. The second kappa shape index (κ2) is 6.55. The molecule has 0 bridgehead atoms. The van der Waals surface area contributed by atoms with E-state index in [9.17, 15) is 9.18 Å². The molecule has 4 heteroatoms. The number of hydrogen-bond donors (Lipinski definition) is 1. The highest BCUT2D eigenvalue weighted by Crippen LogP contribution is 2.14. The van der Waals surface area contributed by atoms with Crippen LogP contribution in [0.2, 0.25) is 0 Å². The Morgan fingerprint density at radius 1 is 1.21 bits per heavy atom. The molecule has 3 nitrogen and oxygen atoms in total. The van der Waals surface area contributed by atoms with Gasteiger partial charge in [-0.1, -0.05) is 12.8 Å². The molecule has 1 aliphatic rings. The fourth-order valence-electron chi connectivity index (χ4n) is 2.45. The van der Waals surface area contributed by atoms with E-state index in [2.05, 4.69) is 5.32 Å². The van der Waals surface area contributed by atoms with Gasteiger partial charge < -0.3 is 10.2 Å². The maximum atomic E-state index is 13.2.